The monoisotopic (exact) mass is 273 g/mol. The molecule has 1 unspecified atom stereocenters. The van der Waals surface area contributed by atoms with E-state index in [1.807, 2.05) is 42.5 Å². The Morgan fingerprint density at radius 2 is 1.90 bits per heavy atom. The second kappa shape index (κ2) is 6.93. The van der Waals surface area contributed by atoms with E-state index in [4.69, 9.17) is 15.2 Å². The van der Waals surface area contributed by atoms with Crippen molar-refractivity contribution in [3.8, 4) is 11.5 Å². The fourth-order valence-corrected chi connectivity index (χ4v) is 1.92. The quantitative estimate of drug-likeness (QED) is 0.847. The molecule has 2 rings (SSSR count). The fraction of sp³-hybridized carbons (Fsp3) is 0.250. The Labute approximate surface area is 118 Å². The number of benzene rings is 2. The van der Waals surface area contributed by atoms with E-state index in [2.05, 4.69) is 0 Å². The summed E-state index contributed by atoms with van der Waals surface area (Å²) in [4.78, 5) is 0. The predicted octanol–water partition coefficient (Wildman–Crippen LogP) is 2.27. The van der Waals surface area contributed by atoms with E-state index < -0.39 is 6.10 Å². The lowest BCUT2D eigenvalue weighted by atomic mass is 10.1. The number of methoxy groups -OCH3 is 1. The van der Waals surface area contributed by atoms with Crippen molar-refractivity contribution in [2.45, 2.75) is 12.6 Å². The van der Waals surface area contributed by atoms with Crippen molar-refractivity contribution in [2.75, 3.05) is 13.7 Å². The van der Waals surface area contributed by atoms with Crippen LogP contribution in [0.2, 0.25) is 0 Å². The minimum Gasteiger partial charge on any atom is -0.497 e. The molecule has 4 nitrogen and oxygen atoms in total. The van der Waals surface area contributed by atoms with Gasteiger partial charge in [-0.05, 0) is 23.8 Å². The molecule has 106 valence electrons. The maximum Gasteiger partial charge on any atom is 0.124 e. The zero-order valence-electron chi connectivity index (χ0n) is 11.5. The Morgan fingerprint density at radius 1 is 1.15 bits per heavy atom. The lowest BCUT2D eigenvalue weighted by Gasteiger charge is -2.15. The Balaban J connectivity index is 2.03. The molecule has 0 saturated carbocycles. The molecule has 0 aliphatic heterocycles. The van der Waals surface area contributed by atoms with Gasteiger partial charge in [-0.25, -0.2) is 0 Å². The maximum absolute atomic E-state index is 10.1. The maximum atomic E-state index is 10.1. The van der Waals surface area contributed by atoms with Crippen LogP contribution in [0.3, 0.4) is 0 Å². The van der Waals surface area contributed by atoms with Gasteiger partial charge in [0.1, 0.15) is 24.2 Å². The number of aliphatic hydroxyl groups is 1. The van der Waals surface area contributed by atoms with Crippen molar-refractivity contribution in [2.24, 2.45) is 5.73 Å². The fourth-order valence-electron chi connectivity index (χ4n) is 1.92. The van der Waals surface area contributed by atoms with Crippen LogP contribution in [0.1, 0.15) is 17.2 Å². The van der Waals surface area contributed by atoms with Crippen LogP contribution in [0.15, 0.2) is 48.5 Å². The standard InChI is InChI=1S/C16H19NO3/c1-19-14-7-8-16(13(9-14)10-17)20-11-15(18)12-5-3-2-4-6-12/h2-9,15,18H,10-11,17H2,1H3. The molecule has 0 aliphatic rings. The summed E-state index contributed by atoms with van der Waals surface area (Å²) in [5, 5.41) is 10.1. The van der Waals surface area contributed by atoms with Gasteiger partial charge in [-0.3, -0.25) is 0 Å². The third-order valence-electron chi connectivity index (χ3n) is 3.07. The SMILES string of the molecule is COc1ccc(OCC(O)c2ccccc2)c(CN)c1. The highest BCUT2D eigenvalue weighted by Gasteiger charge is 2.10. The van der Waals surface area contributed by atoms with Crippen molar-refractivity contribution in [3.63, 3.8) is 0 Å². The van der Waals surface area contributed by atoms with E-state index in [-0.39, 0.29) is 6.61 Å². The molecule has 0 heterocycles. The lowest BCUT2D eigenvalue weighted by molar-refractivity contribution is 0.107. The molecule has 0 aliphatic carbocycles. The van der Waals surface area contributed by atoms with Crippen LogP contribution < -0.4 is 15.2 Å². The van der Waals surface area contributed by atoms with Gasteiger partial charge >= 0.3 is 0 Å². The molecule has 20 heavy (non-hydrogen) atoms. The molecule has 0 aromatic heterocycles. The third-order valence-corrected chi connectivity index (χ3v) is 3.07. The van der Waals surface area contributed by atoms with Crippen LogP contribution in [0.5, 0.6) is 11.5 Å². The molecule has 0 fully saturated rings. The van der Waals surface area contributed by atoms with Crippen molar-refractivity contribution in [1.82, 2.24) is 0 Å². The summed E-state index contributed by atoms with van der Waals surface area (Å²) in [5.41, 5.74) is 7.37. The summed E-state index contributed by atoms with van der Waals surface area (Å²) in [6, 6.07) is 14.9. The summed E-state index contributed by atoms with van der Waals surface area (Å²) in [7, 11) is 1.61. The van der Waals surface area contributed by atoms with Crippen LogP contribution >= 0.6 is 0 Å². The van der Waals surface area contributed by atoms with Gasteiger partial charge in [0.25, 0.3) is 0 Å². The normalized spacial score (nSPS) is 11.9. The number of rotatable bonds is 6. The van der Waals surface area contributed by atoms with Crippen molar-refractivity contribution in [3.05, 3.63) is 59.7 Å². The van der Waals surface area contributed by atoms with Gasteiger partial charge in [0, 0.05) is 12.1 Å². The summed E-state index contributed by atoms with van der Waals surface area (Å²) >= 11 is 0. The highest BCUT2D eigenvalue weighted by molar-refractivity contribution is 5.40. The molecular weight excluding hydrogens is 254 g/mol. The average Bonchev–Trinajstić information content (AvgIpc) is 2.53. The minimum atomic E-state index is -0.663. The number of hydrogen-bond donors (Lipinski definition) is 2. The third kappa shape index (κ3) is 3.50. The van der Waals surface area contributed by atoms with E-state index in [9.17, 15) is 5.11 Å². The summed E-state index contributed by atoms with van der Waals surface area (Å²) in [5.74, 6) is 1.41. The zero-order valence-corrected chi connectivity index (χ0v) is 11.5. The lowest BCUT2D eigenvalue weighted by Crippen LogP contribution is -2.11. The summed E-state index contributed by atoms with van der Waals surface area (Å²) < 4.78 is 10.8. The smallest absolute Gasteiger partial charge is 0.124 e. The topological polar surface area (TPSA) is 64.7 Å². The molecule has 3 N–H and O–H groups in total. The van der Waals surface area contributed by atoms with Crippen molar-refractivity contribution < 1.29 is 14.6 Å². The van der Waals surface area contributed by atoms with E-state index >= 15 is 0 Å². The van der Waals surface area contributed by atoms with Crippen LogP contribution in [0.4, 0.5) is 0 Å². The minimum absolute atomic E-state index is 0.184. The van der Waals surface area contributed by atoms with E-state index in [0.717, 1.165) is 16.9 Å². The van der Waals surface area contributed by atoms with Gasteiger partial charge in [0.2, 0.25) is 0 Å². The number of nitrogens with two attached hydrogens (primary N) is 1. The van der Waals surface area contributed by atoms with Crippen molar-refractivity contribution in [1.29, 1.82) is 0 Å². The Bertz CT molecular complexity index is 543. The number of hydrogen-bond acceptors (Lipinski definition) is 4. The molecule has 0 radical (unpaired) electrons. The first-order valence-corrected chi connectivity index (χ1v) is 6.47. The molecule has 0 saturated heterocycles. The van der Waals surface area contributed by atoms with Crippen LogP contribution in [-0.4, -0.2) is 18.8 Å². The second-order valence-corrected chi connectivity index (χ2v) is 4.42. The zero-order chi connectivity index (χ0) is 14.4. The van der Waals surface area contributed by atoms with E-state index in [0.29, 0.717) is 12.3 Å². The molecule has 2 aromatic carbocycles. The van der Waals surface area contributed by atoms with Gasteiger partial charge in [0.15, 0.2) is 0 Å². The largest absolute Gasteiger partial charge is 0.497 e. The molecule has 0 amide bonds. The Morgan fingerprint density at radius 3 is 2.55 bits per heavy atom. The highest BCUT2D eigenvalue weighted by Crippen LogP contribution is 2.25. The molecule has 4 heteroatoms. The van der Waals surface area contributed by atoms with Gasteiger partial charge in [0.05, 0.1) is 7.11 Å². The first-order valence-electron chi connectivity index (χ1n) is 6.47. The van der Waals surface area contributed by atoms with Crippen LogP contribution in [-0.2, 0) is 6.54 Å². The highest BCUT2D eigenvalue weighted by atomic mass is 16.5. The van der Waals surface area contributed by atoms with Gasteiger partial charge < -0.3 is 20.3 Å². The molecular formula is C16H19NO3. The number of ether oxygens (including phenoxy) is 2. The van der Waals surface area contributed by atoms with Gasteiger partial charge in [-0.1, -0.05) is 30.3 Å². The van der Waals surface area contributed by atoms with Crippen LogP contribution in [0, 0.1) is 0 Å². The molecule has 2 aromatic rings. The van der Waals surface area contributed by atoms with Crippen LogP contribution in [0.25, 0.3) is 0 Å². The first-order chi connectivity index (χ1) is 9.74. The molecule has 0 bridgehead atoms. The Kier molecular flexibility index (Phi) is 4.98. The summed E-state index contributed by atoms with van der Waals surface area (Å²) in [6.07, 6.45) is -0.663. The van der Waals surface area contributed by atoms with Crippen molar-refractivity contribution >= 4 is 0 Å². The molecule has 1 atom stereocenters. The average molecular weight is 273 g/mol. The van der Waals surface area contributed by atoms with E-state index in [1.54, 1.807) is 13.2 Å². The first kappa shape index (κ1) is 14.4. The predicted molar refractivity (Wildman–Crippen MR) is 77.8 cm³/mol. The van der Waals surface area contributed by atoms with Gasteiger partial charge in [-0.2, -0.15) is 0 Å². The number of aliphatic hydroxyl groups excluding tert-OH is 1. The summed E-state index contributed by atoms with van der Waals surface area (Å²) in [6.45, 7) is 0.539. The van der Waals surface area contributed by atoms with Gasteiger partial charge in [-0.15, -0.1) is 0 Å². The second-order valence-electron chi connectivity index (χ2n) is 4.42. The molecule has 0 spiro atoms. The Hall–Kier alpha value is -2.04. The van der Waals surface area contributed by atoms with E-state index in [1.165, 1.54) is 0 Å².